The zero-order chi connectivity index (χ0) is 15.2. The molecule has 110 valence electrons. The predicted molar refractivity (Wildman–Crippen MR) is 81.1 cm³/mol. The molecule has 21 heavy (non-hydrogen) atoms. The van der Waals surface area contributed by atoms with E-state index in [9.17, 15) is 14.9 Å². The highest BCUT2D eigenvalue weighted by molar-refractivity contribution is 5.95. The second-order valence-corrected chi connectivity index (χ2v) is 4.92. The molecule has 0 N–H and O–H groups in total. The number of likely N-dealkylation sites (tertiary alicyclic amines) is 1. The smallest absolute Gasteiger partial charge is 0.269 e. The van der Waals surface area contributed by atoms with Crippen LogP contribution in [0.2, 0.25) is 0 Å². The summed E-state index contributed by atoms with van der Waals surface area (Å²) in [6.45, 7) is 2.67. The standard InChI is InChI=1S/C16H18N2O3/c1-2-3-4-6-14-7-5-12-17(14)16(19)13-8-10-15(11-9-13)18(20)21/h2-4,6,8-11,14H,5,7,12H2,1H3/b3-2+,6-4+/t14-/m0/s1. The number of nitro benzene ring substituents is 1. The molecular formula is C16H18N2O3. The van der Waals surface area contributed by atoms with Gasteiger partial charge in [0.2, 0.25) is 0 Å². The quantitative estimate of drug-likeness (QED) is 0.484. The highest BCUT2D eigenvalue weighted by atomic mass is 16.6. The molecular weight excluding hydrogens is 268 g/mol. The van der Waals surface area contributed by atoms with E-state index < -0.39 is 4.92 Å². The number of allylic oxidation sites excluding steroid dienone is 3. The molecule has 1 aromatic carbocycles. The van der Waals surface area contributed by atoms with Crippen molar-refractivity contribution in [3.63, 3.8) is 0 Å². The summed E-state index contributed by atoms with van der Waals surface area (Å²) in [5.41, 5.74) is 0.490. The van der Waals surface area contributed by atoms with Gasteiger partial charge in [0.15, 0.2) is 0 Å². The third kappa shape index (κ3) is 3.56. The van der Waals surface area contributed by atoms with Gasteiger partial charge in [0.25, 0.3) is 11.6 Å². The van der Waals surface area contributed by atoms with Gasteiger partial charge in [0.1, 0.15) is 0 Å². The lowest BCUT2D eigenvalue weighted by Gasteiger charge is -2.22. The number of carbonyl (C=O) groups excluding carboxylic acids is 1. The van der Waals surface area contributed by atoms with Gasteiger partial charge in [0, 0.05) is 24.2 Å². The Bertz CT molecular complexity index is 576. The minimum atomic E-state index is -0.466. The molecule has 1 atom stereocenters. The summed E-state index contributed by atoms with van der Waals surface area (Å²) in [6.07, 6.45) is 9.78. The van der Waals surface area contributed by atoms with Crippen molar-refractivity contribution in [2.75, 3.05) is 6.54 Å². The van der Waals surface area contributed by atoms with Gasteiger partial charge in [0.05, 0.1) is 11.0 Å². The van der Waals surface area contributed by atoms with E-state index in [1.54, 1.807) is 0 Å². The molecule has 0 saturated carbocycles. The second-order valence-electron chi connectivity index (χ2n) is 4.92. The molecule has 0 aromatic heterocycles. The zero-order valence-corrected chi connectivity index (χ0v) is 11.9. The largest absolute Gasteiger partial charge is 0.332 e. The van der Waals surface area contributed by atoms with Crippen molar-refractivity contribution in [2.24, 2.45) is 0 Å². The van der Waals surface area contributed by atoms with Gasteiger partial charge in [-0.25, -0.2) is 0 Å². The minimum absolute atomic E-state index is 0.00231. The molecule has 0 unspecified atom stereocenters. The number of hydrogen-bond acceptors (Lipinski definition) is 3. The van der Waals surface area contributed by atoms with Gasteiger partial charge >= 0.3 is 0 Å². The van der Waals surface area contributed by atoms with E-state index in [1.165, 1.54) is 24.3 Å². The Morgan fingerprint density at radius 3 is 2.67 bits per heavy atom. The van der Waals surface area contributed by atoms with E-state index in [0.717, 1.165) is 19.4 Å². The van der Waals surface area contributed by atoms with Crippen molar-refractivity contribution in [1.82, 2.24) is 4.90 Å². The van der Waals surface area contributed by atoms with Crippen LogP contribution in [-0.4, -0.2) is 28.3 Å². The summed E-state index contributed by atoms with van der Waals surface area (Å²) in [6, 6.07) is 5.88. The van der Waals surface area contributed by atoms with E-state index in [2.05, 4.69) is 0 Å². The van der Waals surface area contributed by atoms with Crippen molar-refractivity contribution in [3.05, 3.63) is 64.2 Å². The zero-order valence-electron chi connectivity index (χ0n) is 11.9. The first-order valence-corrected chi connectivity index (χ1v) is 6.98. The van der Waals surface area contributed by atoms with Crippen LogP contribution >= 0.6 is 0 Å². The van der Waals surface area contributed by atoms with Crippen molar-refractivity contribution in [3.8, 4) is 0 Å². The first-order valence-electron chi connectivity index (χ1n) is 6.98. The van der Waals surface area contributed by atoms with Crippen molar-refractivity contribution in [1.29, 1.82) is 0 Å². The number of non-ortho nitro benzene ring substituents is 1. The van der Waals surface area contributed by atoms with E-state index >= 15 is 0 Å². The summed E-state index contributed by atoms with van der Waals surface area (Å²) in [5, 5.41) is 10.6. The number of amides is 1. The lowest BCUT2D eigenvalue weighted by Crippen LogP contribution is -2.34. The summed E-state index contributed by atoms with van der Waals surface area (Å²) >= 11 is 0. The normalized spacial score (nSPS) is 18.7. The number of rotatable bonds is 4. The van der Waals surface area contributed by atoms with Gasteiger partial charge in [-0.1, -0.05) is 24.3 Å². The fourth-order valence-electron chi connectivity index (χ4n) is 2.44. The molecule has 2 rings (SSSR count). The molecule has 1 saturated heterocycles. The lowest BCUT2D eigenvalue weighted by molar-refractivity contribution is -0.384. The van der Waals surface area contributed by atoms with E-state index in [0.29, 0.717) is 5.56 Å². The first-order chi connectivity index (χ1) is 10.1. The van der Waals surface area contributed by atoms with Crippen LogP contribution in [0.3, 0.4) is 0 Å². The molecule has 1 heterocycles. The van der Waals surface area contributed by atoms with Crippen LogP contribution in [0.15, 0.2) is 48.6 Å². The Labute approximate surface area is 123 Å². The van der Waals surface area contributed by atoms with Crippen LogP contribution < -0.4 is 0 Å². The molecule has 0 bridgehead atoms. The number of benzene rings is 1. The van der Waals surface area contributed by atoms with Gasteiger partial charge < -0.3 is 4.90 Å². The van der Waals surface area contributed by atoms with Crippen molar-refractivity contribution >= 4 is 11.6 Å². The molecule has 1 aliphatic heterocycles. The third-order valence-corrected chi connectivity index (χ3v) is 3.52. The summed E-state index contributed by atoms with van der Waals surface area (Å²) in [7, 11) is 0. The van der Waals surface area contributed by atoms with Crippen molar-refractivity contribution in [2.45, 2.75) is 25.8 Å². The number of carbonyl (C=O) groups is 1. The van der Waals surface area contributed by atoms with E-state index in [1.807, 2.05) is 36.1 Å². The molecule has 0 aliphatic carbocycles. The molecule has 1 aromatic rings. The molecule has 5 heteroatoms. The Balaban J connectivity index is 2.12. The van der Waals surface area contributed by atoms with Crippen molar-refractivity contribution < 1.29 is 9.72 Å². The highest BCUT2D eigenvalue weighted by Gasteiger charge is 2.27. The maximum atomic E-state index is 12.5. The highest BCUT2D eigenvalue weighted by Crippen LogP contribution is 2.22. The third-order valence-electron chi connectivity index (χ3n) is 3.52. The van der Waals surface area contributed by atoms with Crippen LogP contribution in [0.25, 0.3) is 0 Å². The van der Waals surface area contributed by atoms with E-state index in [4.69, 9.17) is 0 Å². The Kier molecular flexibility index (Phi) is 4.87. The first kappa shape index (κ1) is 15.0. The number of nitrogens with zero attached hydrogens (tertiary/aromatic N) is 2. The Morgan fingerprint density at radius 1 is 1.33 bits per heavy atom. The van der Waals surface area contributed by atoms with Gasteiger partial charge in [-0.2, -0.15) is 0 Å². The predicted octanol–water partition coefficient (Wildman–Crippen LogP) is 3.33. The topological polar surface area (TPSA) is 63.5 Å². The number of hydrogen-bond donors (Lipinski definition) is 0. The summed E-state index contributed by atoms with van der Waals surface area (Å²) in [5.74, 6) is -0.0717. The van der Waals surface area contributed by atoms with Gasteiger partial charge in [-0.3, -0.25) is 14.9 Å². The molecule has 1 aliphatic rings. The maximum Gasteiger partial charge on any atom is 0.269 e. The fraction of sp³-hybridized carbons (Fsp3) is 0.312. The van der Waals surface area contributed by atoms with Gasteiger partial charge in [-0.15, -0.1) is 0 Å². The number of nitro groups is 1. The monoisotopic (exact) mass is 286 g/mol. The molecule has 0 radical (unpaired) electrons. The second kappa shape index (κ2) is 6.83. The van der Waals surface area contributed by atoms with E-state index in [-0.39, 0.29) is 17.6 Å². The average molecular weight is 286 g/mol. The molecule has 1 amide bonds. The van der Waals surface area contributed by atoms with Crippen LogP contribution in [-0.2, 0) is 0 Å². The van der Waals surface area contributed by atoms with Gasteiger partial charge in [-0.05, 0) is 31.9 Å². The summed E-state index contributed by atoms with van der Waals surface area (Å²) < 4.78 is 0. The minimum Gasteiger partial charge on any atom is -0.332 e. The maximum absolute atomic E-state index is 12.5. The lowest BCUT2D eigenvalue weighted by atomic mass is 10.1. The fourth-order valence-corrected chi connectivity index (χ4v) is 2.44. The molecule has 0 spiro atoms. The SMILES string of the molecule is C/C=C/C=C/[C@H]1CCCN1C(=O)c1ccc([N+](=O)[O-])cc1. The van der Waals surface area contributed by atoms with Crippen LogP contribution in [0.5, 0.6) is 0 Å². The Morgan fingerprint density at radius 2 is 2.05 bits per heavy atom. The summed E-state index contributed by atoms with van der Waals surface area (Å²) in [4.78, 5) is 24.5. The molecule has 5 nitrogen and oxygen atoms in total. The molecule has 1 fully saturated rings. The van der Waals surface area contributed by atoms with Crippen LogP contribution in [0, 0.1) is 10.1 Å². The van der Waals surface area contributed by atoms with Crippen LogP contribution in [0.1, 0.15) is 30.1 Å². The van der Waals surface area contributed by atoms with Crippen LogP contribution in [0.4, 0.5) is 5.69 Å². The Hall–Kier alpha value is -2.43. The average Bonchev–Trinajstić information content (AvgIpc) is 2.95.